The van der Waals surface area contributed by atoms with Crippen LogP contribution in [0.1, 0.15) is 29.9 Å². The molecule has 4 rings (SSSR count). The Balaban J connectivity index is 1.30. The first-order chi connectivity index (χ1) is 14.1. The number of benzene rings is 2. The van der Waals surface area contributed by atoms with Crippen molar-refractivity contribution < 1.29 is 9.32 Å². The van der Waals surface area contributed by atoms with Gasteiger partial charge in [-0.15, -0.1) is 0 Å². The molecule has 3 aromatic rings. The number of nitrogens with one attached hydrogen (secondary N) is 1. The minimum Gasteiger partial charge on any atom is -0.338 e. The van der Waals surface area contributed by atoms with Crippen LogP contribution >= 0.6 is 0 Å². The summed E-state index contributed by atoms with van der Waals surface area (Å²) in [5, 5.41) is 7.19. The molecular weight excluding hydrogens is 364 g/mol. The van der Waals surface area contributed by atoms with Crippen LogP contribution in [0.2, 0.25) is 0 Å². The normalized spacial score (nSPS) is 15.4. The van der Waals surface area contributed by atoms with Gasteiger partial charge in [0.15, 0.2) is 0 Å². The van der Waals surface area contributed by atoms with E-state index in [9.17, 15) is 4.79 Å². The van der Waals surface area contributed by atoms with E-state index in [1.165, 1.54) is 5.56 Å². The Morgan fingerprint density at radius 1 is 1.14 bits per heavy atom. The minimum atomic E-state index is 0.0383. The molecule has 0 unspecified atom stereocenters. The van der Waals surface area contributed by atoms with Crippen LogP contribution in [-0.4, -0.2) is 34.0 Å². The average Bonchev–Trinajstić information content (AvgIpc) is 3.19. The maximum absolute atomic E-state index is 12.6. The zero-order valence-electron chi connectivity index (χ0n) is 16.9. The molecule has 0 aliphatic carbocycles. The van der Waals surface area contributed by atoms with Crippen molar-refractivity contribution in [2.75, 3.05) is 18.4 Å². The summed E-state index contributed by atoms with van der Waals surface area (Å²) in [4.78, 5) is 19.4. The second-order valence-electron chi connectivity index (χ2n) is 7.74. The van der Waals surface area contributed by atoms with Crippen LogP contribution in [0, 0.1) is 19.8 Å². The highest BCUT2D eigenvalue weighted by Crippen LogP contribution is 2.23. The standard InChI is InChI=1S/C23H26N4O2/c1-16-6-5-8-19(14-16)22-25-21(29-26-22)15-27-12-10-18(11-13-27)23(28)24-20-9-4-3-7-17(20)2/h3-9,14,18H,10-13,15H2,1-2H3,(H,24,28). The van der Waals surface area contributed by atoms with E-state index in [1.807, 2.05) is 62.4 Å². The lowest BCUT2D eigenvalue weighted by Gasteiger charge is -2.30. The van der Waals surface area contributed by atoms with Gasteiger partial charge in [-0.2, -0.15) is 4.98 Å². The molecule has 0 spiro atoms. The molecule has 6 heteroatoms. The van der Waals surface area contributed by atoms with Crippen molar-refractivity contribution in [1.82, 2.24) is 15.0 Å². The van der Waals surface area contributed by atoms with Crippen LogP contribution in [0.15, 0.2) is 53.1 Å². The number of hydrogen-bond donors (Lipinski definition) is 1. The number of aromatic nitrogens is 2. The van der Waals surface area contributed by atoms with E-state index >= 15 is 0 Å². The highest BCUT2D eigenvalue weighted by molar-refractivity contribution is 5.93. The van der Waals surface area contributed by atoms with Crippen LogP contribution in [0.4, 0.5) is 5.69 Å². The van der Waals surface area contributed by atoms with E-state index in [1.54, 1.807) is 0 Å². The first kappa shape index (κ1) is 19.3. The Kier molecular flexibility index (Phi) is 5.71. The monoisotopic (exact) mass is 390 g/mol. The quantitative estimate of drug-likeness (QED) is 0.707. The van der Waals surface area contributed by atoms with Gasteiger partial charge in [0.2, 0.25) is 17.6 Å². The molecule has 1 N–H and O–H groups in total. The van der Waals surface area contributed by atoms with Gasteiger partial charge in [0.05, 0.1) is 6.54 Å². The molecule has 6 nitrogen and oxygen atoms in total. The number of nitrogens with zero attached hydrogens (tertiary/aromatic N) is 3. The van der Waals surface area contributed by atoms with Gasteiger partial charge in [0.1, 0.15) is 0 Å². The van der Waals surface area contributed by atoms with Crippen molar-refractivity contribution >= 4 is 11.6 Å². The molecular formula is C23H26N4O2. The van der Waals surface area contributed by atoms with E-state index < -0.39 is 0 Å². The first-order valence-electron chi connectivity index (χ1n) is 10.1. The predicted molar refractivity (Wildman–Crippen MR) is 112 cm³/mol. The minimum absolute atomic E-state index is 0.0383. The van der Waals surface area contributed by atoms with Gasteiger partial charge in [-0.3, -0.25) is 9.69 Å². The number of aryl methyl sites for hydroxylation is 2. The molecule has 1 aromatic heterocycles. The summed E-state index contributed by atoms with van der Waals surface area (Å²) in [6.45, 7) is 6.35. The van der Waals surface area contributed by atoms with E-state index in [2.05, 4.69) is 20.4 Å². The van der Waals surface area contributed by atoms with Gasteiger partial charge in [-0.25, -0.2) is 0 Å². The number of amides is 1. The van der Waals surface area contributed by atoms with Gasteiger partial charge < -0.3 is 9.84 Å². The maximum Gasteiger partial charge on any atom is 0.241 e. The molecule has 2 aromatic carbocycles. The Morgan fingerprint density at radius 3 is 2.69 bits per heavy atom. The number of carbonyl (C=O) groups is 1. The fourth-order valence-corrected chi connectivity index (χ4v) is 3.71. The molecule has 0 saturated carbocycles. The topological polar surface area (TPSA) is 71.3 Å². The van der Waals surface area contributed by atoms with Gasteiger partial charge in [-0.1, -0.05) is 47.1 Å². The largest absolute Gasteiger partial charge is 0.338 e. The molecule has 29 heavy (non-hydrogen) atoms. The first-order valence-corrected chi connectivity index (χ1v) is 10.1. The number of rotatable bonds is 5. The molecule has 2 heterocycles. The van der Waals surface area contributed by atoms with Crippen molar-refractivity contribution in [3.8, 4) is 11.4 Å². The Hall–Kier alpha value is -2.99. The Labute approximate surface area is 170 Å². The highest BCUT2D eigenvalue weighted by Gasteiger charge is 2.26. The van der Waals surface area contributed by atoms with Crippen LogP contribution < -0.4 is 5.32 Å². The summed E-state index contributed by atoms with van der Waals surface area (Å²) < 4.78 is 5.45. The van der Waals surface area contributed by atoms with Crippen molar-refractivity contribution in [2.24, 2.45) is 5.92 Å². The lowest BCUT2D eigenvalue weighted by molar-refractivity contribution is -0.121. The molecule has 0 atom stereocenters. The van der Waals surface area contributed by atoms with E-state index in [4.69, 9.17) is 4.52 Å². The molecule has 1 amide bonds. The number of anilines is 1. The molecule has 150 valence electrons. The Bertz CT molecular complexity index is 990. The molecule has 1 saturated heterocycles. The smallest absolute Gasteiger partial charge is 0.241 e. The third-order valence-electron chi connectivity index (χ3n) is 5.46. The van der Waals surface area contributed by atoms with Gasteiger partial charge in [0, 0.05) is 17.2 Å². The van der Waals surface area contributed by atoms with E-state index in [0.29, 0.717) is 18.3 Å². The predicted octanol–water partition coefficient (Wildman–Crippen LogP) is 4.20. The lowest BCUT2D eigenvalue weighted by Crippen LogP contribution is -2.37. The van der Waals surface area contributed by atoms with Crippen molar-refractivity contribution in [2.45, 2.75) is 33.2 Å². The van der Waals surface area contributed by atoms with Crippen molar-refractivity contribution in [3.63, 3.8) is 0 Å². The summed E-state index contributed by atoms with van der Waals surface area (Å²) in [5.74, 6) is 1.38. The highest BCUT2D eigenvalue weighted by atomic mass is 16.5. The SMILES string of the molecule is Cc1cccc(-c2noc(CN3CCC(C(=O)Nc4ccccc4C)CC3)n2)c1. The number of likely N-dealkylation sites (tertiary alicyclic amines) is 1. The molecule has 0 bridgehead atoms. The molecule has 0 radical (unpaired) electrons. The second-order valence-corrected chi connectivity index (χ2v) is 7.74. The number of para-hydroxylation sites is 1. The fourth-order valence-electron chi connectivity index (χ4n) is 3.71. The number of piperidine rings is 1. The summed E-state index contributed by atoms with van der Waals surface area (Å²) in [7, 11) is 0. The second kappa shape index (κ2) is 8.57. The third kappa shape index (κ3) is 4.71. The third-order valence-corrected chi connectivity index (χ3v) is 5.46. The van der Waals surface area contributed by atoms with Crippen molar-refractivity contribution in [3.05, 3.63) is 65.5 Å². The molecule has 1 aliphatic heterocycles. The molecule has 1 aliphatic rings. The molecule has 1 fully saturated rings. The van der Waals surface area contributed by atoms with Crippen LogP contribution in [0.25, 0.3) is 11.4 Å². The summed E-state index contributed by atoms with van der Waals surface area (Å²) in [5.41, 5.74) is 4.11. The zero-order valence-corrected chi connectivity index (χ0v) is 16.9. The maximum atomic E-state index is 12.6. The van der Waals surface area contributed by atoms with Gasteiger partial charge in [-0.05, 0) is 57.5 Å². The number of carbonyl (C=O) groups excluding carboxylic acids is 1. The van der Waals surface area contributed by atoms with Crippen LogP contribution in [0.5, 0.6) is 0 Å². The Morgan fingerprint density at radius 2 is 1.93 bits per heavy atom. The van der Waals surface area contributed by atoms with Gasteiger partial charge >= 0.3 is 0 Å². The van der Waals surface area contributed by atoms with Crippen LogP contribution in [0.3, 0.4) is 0 Å². The average molecular weight is 390 g/mol. The van der Waals surface area contributed by atoms with E-state index in [-0.39, 0.29) is 11.8 Å². The summed E-state index contributed by atoms with van der Waals surface area (Å²) >= 11 is 0. The summed E-state index contributed by atoms with van der Waals surface area (Å²) in [6, 6.07) is 16.0. The lowest BCUT2D eigenvalue weighted by atomic mass is 9.95. The van der Waals surface area contributed by atoms with Crippen LogP contribution in [-0.2, 0) is 11.3 Å². The van der Waals surface area contributed by atoms with E-state index in [0.717, 1.165) is 42.7 Å². The fraction of sp³-hybridized carbons (Fsp3) is 0.348. The summed E-state index contributed by atoms with van der Waals surface area (Å²) in [6.07, 6.45) is 1.66. The zero-order chi connectivity index (χ0) is 20.2. The van der Waals surface area contributed by atoms with Gasteiger partial charge in [0.25, 0.3) is 0 Å². The van der Waals surface area contributed by atoms with Crippen molar-refractivity contribution in [1.29, 1.82) is 0 Å². The number of hydrogen-bond acceptors (Lipinski definition) is 5.